The van der Waals surface area contributed by atoms with E-state index in [0.29, 0.717) is 17.2 Å². The first-order valence-electron chi connectivity index (χ1n) is 5.44. The minimum Gasteiger partial charge on any atom is -0.493 e. The number of hydrogen-bond donors (Lipinski definition) is 1. The maximum absolute atomic E-state index is 11.2. The lowest BCUT2D eigenvalue weighted by molar-refractivity contribution is 0.355. The second kappa shape index (κ2) is 4.91. The molecule has 0 fully saturated rings. The van der Waals surface area contributed by atoms with Crippen LogP contribution >= 0.6 is 0 Å². The maximum atomic E-state index is 11.2. The van der Waals surface area contributed by atoms with E-state index in [9.17, 15) is 4.79 Å². The SMILES string of the molecule is COc1cc(C)c(-c2ccnc(=O)[nH]2)cc1OC. The average Bonchev–Trinajstić information content (AvgIpc) is 2.38. The third-order valence-electron chi connectivity index (χ3n) is 2.70. The molecule has 2 rings (SSSR count). The molecular weight excluding hydrogens is 232 g/mol. The van der Waals surface area contributed by atoms with Crippen LogP contribution in [0.15, 0.2) is 29.2 Å². The molecule has 5 heteroatoms. The quantitative estimate of drug-likeness (QED) is 0.896. The van der Waals surface area contributed by atoms with Crippen LogP contribution in [0.3, 0.4) is 0 Å². The maximum Gasteiger partial charge on any atom is 0.345 e. The Morgan fingerprint density at radius 2 is 1.83 bits per heavy atom. The zero-order valence-corrected chi connectivity index (χ0v) is 10.5. The molecule has 5 nitrogen and oxygen atoms in total. The van der Waals surface area contributed by atoms with Gasteiger partial charge in [-0.25, -0.2) is 9.78 Å². The first-order chi connectivity index (χ1) is 8.65. The van der Waals surface area contributed by atoms with E-state index in [0.717, 1.165) is 11.1 Å². The van der Waals surface area contributed by atoms with Crippen molar-refractivity contribution in [2.75, 3.05) is 14.2 Å². The molecule has 0 bridgehead atoms. The summed E-state index contributed by atoms with van der Waals surface area (Å²) in [7, 11) is 3.16. The highest BCUT2D eigenvalue weighted by atomic mass is 16.5. The molecule has 0 amide bonds. The van der Waals surface area contributed by atoms with Gasteiger partial charge in [0.15, 0.2) is 11.5 Å². The van der Waals surface area contributed by atoms with Crippen molar-refractivity contribution >= 4 is 0 Å². The van der Waals surface area contributed by atoms with Gasteiger partial charge in [-0.2, -0.15) is 0 Å². The Morgan fingerprint density at radius 1 is 1.17 bits per heavy atom. The average molecular weight is 246 g/mol. The molecule has 94 valence electrons. The van der Waals surface area contributed by atoms with Gasteiger partial charge < -0.3 is 14.5 Å². The van der Waals surface area contributed by atoms with Gasteiger partial charge in [0, 0.05) is 11.8 Å². The molecule has 1 heterocycles. The van der Waals surface area contributed by atoms with Crippen LogP contribution in [0.5, 0.6) is 11.5 Å². The molecule has 0 spiro atoms. The summed E-state index contributed by atoms with van der Waals surface area (Å²) in [5, 5.41) is 0. The Hall–Kier alpha value is -2.30. The van der Waals surface area contributed by atoms with E-state index in [1.165, 1.54) is 6.20 Å². The Kier molecular flexibility index (Phi) is 3.32. The number of methoxy groups -OCH3 is 2. The van der Waals surface area contributed by atoms with Crippen molar-refractivity contribution in [3.63, 3.8) is 0 Å². The monoisotopic (exact) mass is 246 g/mol. The predicted molar refractivity (Wildman–Crippen MR) is 68.1 cm³/mol. The molecule has 0 saturated heterocycles. The number of aryl methyl sites for hydroxylation is 1. The standard InChI is InChI=1S/C13H14N2O3/c1-8-6-11(17-2)12(18-3)7-9(8)10-4-5-14-13(16)15-10/h4-7H,1-3H3,(H,14,15,16). The van der Waals surface area contributed by atoms with E-state index in [2.05, 4.69) is 9.97 Å². The fraction of sp³-hybridized carbons (Fsp3) is 0.231. The van der Waals surface area contributed by atoms with Gasteiger partial charge >= 0.3 is 5.69 Å². The van der Waals surface area contributed by atoms with Gasteiger partial charge in [0.25, 0.3) is 0 Å². The smallest absolute Gasteiger partial charge is 0.345 e. The second-order valence-electron chi connectivity index (χ2n) is 3.81. The highest BCUT2D eigenvalue weighted by Crippen LogP contribution is 2.34. The number of aromatic amines is 1. The van der Waals surface area contributed by atoms with E-state index in [1.807, 2.05) is 19.1 Å². The molecule has 0 aliphatic heterocycles. The Bertz CT molecular complexity index is 620. The zero-order chi connectivity index (χ0) is 13.1. The summed E-state index contributed by atoms with van der Waals surface area (Å²) < 4.78 is 10.5. The van der Waals surface area contributed by atoms with Gasteiger partial charge in [0.2, 0.25) is 0 Å². The molecule has 1 N–H and O–H groups in total. The van der Waals surface area contributed by atoms with E-state index in [-0.39, 0.29) is 5.69 Å². The topological polar surface area (TPSA) is 64.2 Å². The number of hydrogen-bond acceptors (Lipinski definition) is 4. The van der Waals surface area contributed by atoms with Gasteiger partial charge in [0.1, 0.15) is 0 Å². The van der Waals surface area contributed by atoms with Gasteiger partial charge in [-0.1, -0.05) is 0 Å². The number of benzene rings is 1. The van der Waals surface area contributed by atoms with Crippen molar-refractivity contribution in [3.8, 4) is 22.8 Å². The summed E-state index contributed by atoms with van der Waals surface area (Å²) in [5.41, 5.74) is 2.19. The van der Waals surface area contributed by atoms with Crippen molar-refractivity contribution in [3.05, 3.63) is 40.4 Å². The summed E-state index contributed by atoms with van der Waals surface area (Å²) in [5.74, 6) is 1.28. The lowest BCUT2D eigenvalue weighted by Crippen LogP contribution is -2.09. The first kappa shape index (κ1) is 12.2. The fourth-order valence-electron chi connectivity index (χ4n) is 1.80. The molecule has 2 aromatic rings. The summed E-state index contributed by atoms with van der Waals surface area (Å²) in [6.45, 7) is 1.94. The highest BCUT2D eigenvalue weighted by molar-refractivity contribution is 5.67. The van der Waals surface area contributed by atoms with E-state index < -0.39 is 0 Å². The van der Waals surface area contributed by atoms with Crippen LogP contribution in [0.1, 0.15) is 5.56 Å². The van der Waals surface area contributed by atoms with E-state index in [1.54, 1.807) is 20.3 Å². The zero-order valence-electron chi connectivity index (χ0n) is 10.5. The normalized spacial score (nSPS) is 10.2. The molecule has 1 aromatic carbocycles. The van der Waals surface area contributed by atoms with Crippen LogP contribution in [0.4, 0.5) is 0 Å². The van der Waals surface area contributed by atoms with Crippen molar-refractivity contribution < 1.29 is 9.47 Å². The molecular formula is C13H14N2O3. The first-order valence-corrected chi connectivity index (χ1v) is 5.44. The Morgan fingerprint density at radius 3 is 2.44 bits per heavy atom. The van der Waals surface area contributed by atoms with Gasteiger partial charge in [0.05, 0.1) is 19.9 Å². The molecule has 18 heavy (non-hydrogen) atoms. The minimum absolute atomic E-state index is 0.373. The van der Waals surface area contributed by atoms with Crippen molar-refractivity contribution in [1.82, 2.24) is 9.97 Å². The predicted octanol–water partition coefficient (Wildman–Crippen LogP) is 1.76. The van der Waals surface area contributed by atoms with Crippen molar-refractivity contribution in [2.24, 2.45) is 0 Å². The van der Waals surface area contributed by atoms with E-state index in [4.69, 9.17) is 9.47 Å². The van der Waals surface area contributed by atoms with Crippen LogP contribution in [0, 0.1) is 6.92 Å². The van der Waals surface area contributed by atoms with Crippen LogP contribution in [-0.2, 0) is 0 Å². The number of rotatable bonds is 3. The molecule has 0 saturated carbocycles. The van der Waals surface area contributed by atoms with Gasteiger partial charge in [-0.15, -0.1) is 0 Å². The summed E-state index contributed by atoms with van der Waals surface area (Å²) >= 11 is 0. The third-order valence-corrected chi connectivity index (χ3v) is 2.70. The molecule has 0 aliphatic carbocycles. The van der Waals surface area contributed by atoms with Crippen LogP contribution < -0.4 is 15.2 Å². The summed E-state index contributed by atoms with van der Waals surface area (Å²) in [6.07, 6.45) is 1.48. The Labute approximate surface area is 104 Å². The number of nitrogens with zero attached hydrogens (tertiary/aromatic N) is 1. The number of aromatic nitrogens is 2. The third kappa shape index (κ3) is 2.20. The molecule has 0 aliphatic rings. The number of ether oxygens (including phenoxy) is 2. The minimum atomic E-state index is -0.373. The molecule has 0 unspecified atom stereocenters. The van der Waals surface area contributed by atoms with Crippen LogP contribution in [-0.4, -0.2) is 24.2 Å². The molecule has 0 radical (unpaired) electrons. The van der Waals surface area contributed by atoms with Crippen molar-refractivity contribution in [2.45, 2.75) is 6.92 Å². The number of H-pyrrole nitrogens is 1. The summed E-state index contributed by atoms with van der Waals surface area (Å²) in [4.78, 5) is 17.5. The lowest BCUT2D eigenvalue weighted by Gasteiger charge is -2.12. The molecule has 0 atom stereocenters. The summed E-state index contributed by atoms with van der Waals surface area (Å²) in [6, 6.07) is 5.45. The van der Waals surface area contributed by atoms with E-state index >= 15 is 0 Å². The van der Waals surface area contributed by atoms with Crippen molar-refractivity contribution in [1.29, 1.82) is 0 Å². The van der Waals surface area contributed by atoms with Gasteiger partial charge in [-0.05, 0) is 30.7 Å². The van der Waals surface area contributed by atoms with Crippen LogP contribution in [0.25, 0.3) is 11.3 Å². The fourth-order valence-corrected chi connectivity index (χ4v) is 1.80. The highest BCUT2D eigenvalue weighted by Gasteiger charge is 2.10. The van der Waals surface area contributed by atoms with Gasteiger partial charge in [-0.3, -0.25) is 0 Å². The molecule has 1 aromatic heterocycles. The largest absolute Gasteiger partial charge is 0.493 e. The number of nitrogens with one attached hydrogen (secondary N) is 1. The van der Waals surface area contributed by atoms with Crippen LogP contribution in [0.2, 0.25) is 0 Å². The Balaban J connectivity index is 2.61. The second-order valence-corrected chi connectivity index (χ2v) is 3.81. The lowest BCUT2D eigenvalue weighted by atomic mass is 10.0.